The van der Waals surface area contributed by atoms with Gasteiger partial charge < -0.3 is 9.84 Å². The summed E-state index contributed by atoms with van der Waals surface area (Å²) in [6.07, 6.45) is 0. The van der Waals surface area contributed by atoms with E-state index >= 15 is 0 Å². The third-order valence-electron chi connectivity index (χ3n) is 3.25. The zero-order chi connectivity index (χ0) is 11.1. The Bertz CT molecular complexity index is 364. The number of aliphatic hydroxyl groups is 1. The van der Waals surface area contributed by atoms with Crippen molar-refractivity contribution in [1.29, 1.82) is 0 Å². The molecule has 1 saturated heterocycles. The highest BCUT2D eigenvalue weighted by molar-refractivity contribution is 6.30. The van der Waals surface area contributed by atoms with Gasteiger partial charge in [0.1, 0.15) is 0 Å². The first-order valence-corrected chi connectivity index (χ1v) is 5.40. The zero-order valence-corrected chi connectivity index (χ0v) is 9.71. The van der Waals surface area contributed by atoms with Crippen molar-refractivity contribution in [2.75, 3.05) is 13.2 Å². The number of ether oxygens (including phenoxy) is 1. The van der Waals surface area contributed by atoms with E-state index in [1.807, 2.05) is 38.1 Å². The highest BCUT2D eigenvalue weighted by atomic mass is 35.5. The second-order valence-corrected chi connectivity index (χ2v) is 5.08. The molecule has 0 spiro atoms. The number of hydrogen-bond acceptors (Lipinski definition) is 2. The lowest BCUT2D eigenvalue weighted by Gasteiger charge is -2.50. The van der Waals surface area contributed by atoms with Crippen LogP contribution in [0.3, 0.4) is 0 Å². The first kappa shape index (κ1) is 10.9. The first-order valence-electron chi connectivity index (χ1n) is 5.02. The van der Waals surface area contributed by atoms with Gasteiger partial charge in [-0.2, -0.15) is 0 Å². The molecular weight excluding hydrogens is 212 g/mol. The predicted molar refractivity (Wildman–Crippen MR) is 60.2 cm³/mol. The summed E-state index contributed by atoms with van der Waals surface area (Å²) in [6.45, 7) is 4.74. The van der Waals surface area contributed by atoms with Gasteiger partial charge in [-0.05, 0) is 31.5 Å². The van der Waals surface area contributed by atoms with Gasteiger partial charge in [0.05, 0.1) is 24.2 Å². The van der Waals surface area contributed by atoms with Crippen LogP contribution >= 0.6 is 11.6 Å². The minimum Gasteiger partial charge on any atom is -0.389 e. The average molecular weight is 227 g/mol. The highest BCUT2D eigenvalue weighted by Crippen LogP contribution is 2.42. The topological polar surface area (TPSA) is 29.5 Å². The van der Waals surface area contributed by atoms with Crippen LogP contribution in [0.2, 0.25) is 5.02 Å². The van der Waals surface area contributed by atoms with Gasteiger partial charge in [-0.3, -0.25) is 0 Å². The van der Waals surface area contributed by atoms with Crippen LogP contribution in [0.1, 0.15) is 19.4 Å². The molecule has 1 aromatic rings. The summed E-state index contributed by atoms with van der Waals surface area (Å²) in [5.74, 6) is 0. The SMILES string of the molecule is CC(C)(O)C1(c2cccc(Cl)c2)COC1. The van der Waals surface area contributed by atoms with Gasteiger partial charge in [-0.1, -0.05) is 23.7 Å². The number of halogens is 1. The van der Waals surface area contributed by atoms with Crippen molar-refractivity contribution in [3.05, 3.63) is 34.9 Å². The van der Waals surface area contributed by atoms with E-state index in [0.29, 0.717) is 18.2 Å². The molecule has 1 N–H and O–H groups in total. The summed E-state index contributed by atoms with van der Waals surface area (Å²) < 4.78 is 5.26. The van der Waals surface area contributed by atoms with Crippen LogP contribution in [0, 0.1) is 0 Å². The molecule has 1 aliphatic rings. The van der Waals surface area contributed by atoms with Gasteiger partial charge in [0.2, 0.25) is 0 Å². The Morgan fingerprint density at radius 1 is 1.40 bits per heavy atom. The van der Waals surface area contributed by atoms with Gasteiger partial charge in [-0.15, -0.1) is 0 Å². The van der Waals surface area contributed by atoms with Crippen LogP contribution in [-0.2, 0) is 10.2 Å². The van der Waals surface area contributed by atoms with Crippen molar-refractivity contribution in [2.24, 2.45) is 0 Å². The largest absolute Gasteiger partial charge is 0.389 e. The average Bonchev–Trinajstić information content (AvgIpc) is 1.98. The summed E-state index contributed by atoms with van der Waals surface area (Å²) in [4.78, 5) is 0. The van der Waals surface area contributed by atoms with Crippen molar-refractivity contribution in [3.8, 4) is 0 Å². The Kier molecular flexibility index (Phi) is 2.53. The van der Waals surface area contributed by atoms with Crippen LogP contribution < -0.4 is 0 Å². The van der Waals surface area contributed by atoms with Crippen molar-refractivity contribution >= 4 is 11.6 Å². The molecule has 0 amide bonds. The highest BCUT2D eigenvalue weighted by Gasteiger charge is 2.51. The normalized spacial score (nSPS) is 19.7. The lowest BCUT2D eigenvalue weighted by atomic mass is 9.67. The molecule has 1 aromatic carbocycles. The minimum atomic E-state index is -0.796. The third kappa shape index (κ3) is 1.67. The van der Waals surface area contributed by atoms with E-state index in [4.69, 9.17) is 16.3 Å². The molecule has 2 rings (SSSR count). The van der Waals surface area contributed by atoms with Crippen LogP contribution in [0.15, 0.2) is 24.3 Å². The monoisotopic (exact) mass is 226 g/mol. The van der Waals surface area contributed by atoms with E-state index in [1.54, 1.807) is 0 Å². The van der Waals surface area contributed by atoms with E-state index in [9.17, 15) is 5.11 Å². The Morgan fingerprint density at radius 3 is 2.47 bits per heavy atom. The Balaban J connectivity index is 2.43. The lowest BCUT2D eigenvalue weighted by molar-refractivity contribution is -0.157. The molecule has 82 valence electrons. The van der Waals surface area contributed by atoms with Gasteiger partial charge in [0.15, 0.2) is 0 Å². The smallest absolute Gasteiger partial charge is 0.0732 e. The van der Waals surface area contributed by atoms with Gasteiger partial charge >= 0.3 is 0 Å². The quantitative estimate of drug-likeness (QED) is 0.839. The van der Waals surface area contributed by atoms with E-state index in [-0.39, 0.29) is 5.41 Å². The van der Waals surface area contributed by atoms with E-state index in [2.05, 4.69) is 0 Å². The van der Waals surface area contributed by atoms with Crippen molar-refractivity contribution in [2.45, 2.75) is 24.9 Å². The summed E-state index contributed by atoms with van der Waals surface area (Å²) in [5.41, 5.74) is -0.0536. The molecule has 2 nitrogen and oxygen atoms in total. The van der Waals surface area contributed by atoms with Crippen LogP contribution in [-0.4, -0.2) is 23.9 Å². The Morgan fingerprint density at radius 2 is 2.07 bits per heavy atom. The predicted octanol–water partition coefficient (Wildman–Crippen LogP) is 2.38. The molecule has 0 unspecified atom stereocenters. The molecule has 0 atom stereocenters. The van der Waals surface area contributed by atoms with Crippen molar-refractivity contribution < 1.29 is 9.84 Å². The molecule has 1 aliphatic heterocycles. The molecule has 0 radical (unpaired) electrons. The van der Waals surface area contributed by atoms with Gasteiger partial charge in [-0.25, -0.2) is 0 Å². The molecule has 0 aromatic heterocycles. The second-order valence-electron chi connectivity index (χ2n) is 4.64. The molecule has 3 heteroatoms. The fourth-order valence-corrected chi connectivity index (χ4v) is 2.16. The lowest BCUT2D eigenvalue weighted by Crippen LogP contribution is -2.60. The molecule has 0 aliphatic carbocycles. The Hall–Kier alpha value is -0.570. The number of benzene rings is 1. The van der Waals surface area contributed by atoms with Crippen molar-refractivity contribution in [1.82, 2.24) is 0 Å². The maximum absolute atomic E-state index is 10.2. The van der Waals surface area contributed by atoms with Crippen LogP contribution in [0.5, 0.6) is 0 Å². The molecule has 0 bridgehead atoms. The summed E-state index contributed by atoms with van der Waals surface area (Å²) in [5, 5.41) is 10.9. The van der Waals surface area contributed by atoms with E-state index in [0.717, 1.165) is 5.56 Å². The third-order valence-corrected chi connectivity index (χ3v) is 3.48. The number of hydrogen-bond donors (Lipinski definition) is 1. The van der Waals surface area contributed by atoms with Crippen molar-refractivity contribution in [3.63, 3.8) is 0 Å². The fraction of sp³-hybridized carbons (Fsp3) is 0.500. The van der Waals surface area contributed by atoms with Gasteiger partial charge in [0.25, 0.3) is 0 Å². The summed E-state index contributed by atoms with van der Waals surface area (Å²) in [7, 11) is 0. The Labute approximate surface area is 94.8 Å². The molecule has 1 fully saturated rings. The van der Waals surface area contributed by atoms with E-state index < -0.39 is 5.60 Å². The molecule has 0 saturated carbocycles. The van der Waals surface area contributed by atoms with Crippen LogP contribution in [0.25, 0.3) is 0 Å². The van der Waals surface area contributed by atoms with Crippen LogP contribution in [0.4, 0.5) is 0 Å². The van der Waals surface area contributed by atoms with Gasteiger partial charge in [0, 0.05) is 5.02 Å². The maximum atomic E-state index is 10.2. The van der Waals surface area contributed by atoms with E-state index in [1.165, 1.54) is 0 Å². The molecule has 1 heterocycles. The standard InChI is InChI=1S/C12H15ClO2/c1-11(2,14)12(7-15-8-12)9-4-3-5-10(13)6-9/h3-6,14H,7-8H2,1-2H3. The molecular formula is C12H15ClO2. The maximum Gasteiger partial charge on any atom is 0.0732 e. The second kappa shape index (κ2) is 3.48. The summed E-state index contributed by atoms with van der Waals surface area (Å²) >= 11 is 5.96. The zero-order valence-electron chi connectivity index (χ0n) is 8.96. The number of rotatable bonds is 2. The first-order chi connectivity index (χ1) is 6.96. The minimum absolute atomic E-state index is 0.308. The molecule has 15 heavy (non-hydrogen) atoms. The fourth-order valence-electron chi connectivity index (χ4n) is 1.97. The summed E-state index contributed by atoms with van der Waals surface area (Å²) in [6, 6.07) is 7.64.